The minimum atomic E-state index is -0.667. The molecular weight excluding hydrogens is 313 g/mol. The maximum Gasteiger partial charge on any atom is 0.282 e. The lowest BCUT2D eigenvalue weighted by Crippen LogP contribution is -2.45. The largest absolute Gasteiger partial charge is 0.338 e. The number of rotatable bonds is 3. The molecule has 122 valence electrons. The van der Waals surface area contributed by atoms with Gasteiger partial charge in [0, 0.05) is 25.2 Å². The van der Waals surface area contributed by atoms with Crippen LogP contribution >= 0.6 is 12.4 Å². The van der Waals surface area contributed by atoms with Crippen LogP contribution < -0.4 is 5.73 Å². The van der Waals surface area contributed by atoms with Crippen LogP contribution in [0.25, 0.3) is 0 Å². The molecule has 1 amide bonds. The fourth-order valence-corrected chi connectivity index (χ4v) is 2.63. The number of piperidine rings is 1. The van der Waals surface area contributed by atoms with Crippen LogP contribution in [0.15, 0.2) is 18.2 Å². The normalized spacial score (nSPS) is 19.2. The molecule has 0 radical (unpaired) electrons. The predicted molar refractivity (Wildman–Crippen MR) is 82.6 cm³/mol. The van der Waals surface area contributed by atoms with Gasteiger partial charge in [0.2, 0.25) is 0 Å². The Bertz CT molecular complexity index is 568. The van der Waals surface area contributed by atoms with Gasteiger partial charge < -0.3 is 10.6 Å². The molecule has 0 spiro atoms. The molecule has 2 N–H and O–H groups in total. The van der Waals surface area contributed by atoms with Crippen LogP contribution in [-0.2, 0) is 0 Å². The summed E-state index contributed by atoms with van der Waals surface area (Å²) in [5.41, 5.74) is 5.29. The average Bonchev–Trinajstić information content (AvgIpc) is 2.46. The van der Waals surface area contributed by atoms with Crippen molar-refractivity contribution in [1.29, 1.82) is 0 Å². The number of hydrogen-bond acceptors (Lipinski definition) is 4. The van der Waals surface area contributed by atoms with Crippen molar-refractivity contribution in [3.63, 3.8) is 0 Å². The lowest BCUT2D eigenvalue weighted by atomic mass is 9.92. The van der Waals surface area contributed by atoms with E-state index in [0.29, 0.717) is 13.1 Å². The summed E-state index contributed by atoms with van der Waals surface area (Å²) in [7, 11) is 0. The number of likely N-dealkylation sites (tertiary alicyclic amines) is 1. The van der Waals surface area contributed by atoms with Crippen LogP contribution in [0.4, 0.5) is 10.1 Å². The fourth-order valence-electron chi connectivity index (χ4n) is 2.63. The van der Waals surface area contributed by atoms with Gasteiger partial charge in [-0.1, -0.05) is 0 Å². The Balaban J connectivity index is 0.00000242. The minimum absolute atomic E-state index is 0. The zero-order chi connectivity index (χ0) is 15.6. The molecule has 1 aromatic rings. The number of amides is 1. The van der Waals surface area contributed by atoms with E-state index in [9.17, 15) is 19.3 Å². The van der Waals surface area contributed by atoms with Gasteiger partial charge in [-0.3, -0.25) is 14.9 Å². The number of nitrogens with two attached hydrogens (primary N) is 1. The first-order valence-corrected chi connectivity index (χ1v) is 6.89. The highest BCUT2D eigenvalue weighted by molar-refractivity contribution is 5.98. The van der Waals surface area contributed by atoms with E-state index in [1.807, 2.05) is 6.92 Å². The summed E-state index contributed by atoms with van der Waals surface area (Å²) in [4.78, 5) is 24.3. The third-order valence-corrected chi connectivity index (χ3v) is 3.87. The number of halogens is 2. The Kier molecular flexibility index (Phi) is 6.25. The SMILES string of the molecule is CC(N)C1CCCN(C(=O)c2cc(F)ccc2[N+](=O)[O-])C1.Cl. The van der Waals surface area contributed by atoms with Crippen molar-refractivity contribution in [2.75, 3.05) is 13.1 Å². The van der Waals surface area contributed by atoms with Crippen LogP contribution in [0.2, 0.25) is 0 Å². The van der Waals surface area contributed by atoms with Gasteiger partial charge in [-0.25, -0.2) is 4.39 Å². The second-order valence-corrected chi connectivity index (χ2v) is 5.43. The number of hydrogen-bond donors (Lipinski definition) is 1. The molecule has 1 aromatic carbocycles. The molecule has 1 fully saturated rings. The van der Waals surface area contributed by atoms with Crippen LogP contribution in [-0.4, -0.2) is 34.9 Å². The van der Waals surface area contributed by atoms with E-state index in [4.69, 9.17) is 5.73 Å². The summed E-state index contributed by atoms with van der Waals surface area (Å²) in [5, 5.41) is 11.0. The summed E-state index contributed by atoms with van der Waals surface area (Å²) < 4.78 is 13.3. The fraction of sp³-hybridized carbons (Fsp3) is 0.500. The van der Waals surface area contributed by atoms with Gasteiger partial charge in [0.15, 0.2) is 0 Å². The van der Waals surface area contributed by atoms with Gasteiger partial charge in [-0.05, 0) is 37.8 Å². The molecule has 0 aromatic heterocycles. The standard InChI is InChI=1S/C14H18FN3O3.ClH/c1-9(16)10-3-2-6-17(8-10)14(19)12-7-11(15)4-5-13(12)18(20)21;/h4-5,7,9-10H,2-3,6,8,16H2,1H3;1H. The maximum absolute atomic E-state index is 13.3. The summed E-state index contributed by atoms with van der Waals surface area (Å²) in [6.45, 7) is 2.84. The van der Waals surface area contributed by atoms with E-state index < -0.39 is 16.6 Å². The van der Waals surface area contributed by atoms with E-state index in [1.54, 1.807) is 0 Å². The summed E-state index contributed by atoms with van der Waals surface area (Å²) in [6.07, 6.45) is 1.72. The number of carbonyl (C=O) groups is 1. The molecule has 2 unspecified atom stereocenters. The van der Waals surface area contributed by atoms with Crippen molar-refractivity contribution >= 4 is 24.0 Å². The minimum Gasteiger partial charge on any atom is -0.338 e. The van der Waals surface area contributed by atoms with E-state index in [2.05, 4.69) is 0 Å². The van der Waals surface area contributed by atoms with Gasteiger partial charge in [0.05, 0.1) is 4.92 Å². The molecule has 0 bridgehead atoms. The second-order valence-electron chi connectivity index (χ2n) is 5.43. The van der Waals surface area contributed by atoms with Crippen molar-refractivity contribution in [3.8, 4) is 0 Å². The van der Waals surface area contributed by atoms with E-state index in [0.717, 1.165) is 31.0 Å². The highest BCUT2D eigenvalue weighted by Gasteiger charge is 2.30. The third kappa shape index (κ3) is 3.92. The van der Waals surface area contributed by atoms with Crippen molar-refractivity contribution in [2.24, 2.45) is 11.7 Å². The zero-order valence-electron chi connectivity index (χ0n) is 12.2. The van der Waals surface area contributed by atoms with Gasteiger partial charge in [-0.2, -0.15) is 0 Å². The molecular formula is C14H19ClFN3O3. The topological polar surface area (TPSA) is 89.5 Å². The Morgan fingerprint density at radius 3 is 2.82 bits per heavy atom. The number of nitro benzene ring substituents is 1. The summed E-state index contributed by atoms with van der Waals surface area (Å²) in [5.74, 6) is -1.01. The van der Waals surface area contributed by atoms with Gasteiger partial charge in [-0.15, -0.1) is 12.4 Å². The Labute approximate surface area is 134 Å². The monoisotopic (exact) mass is 331 g/mol. The highest BCUT2D eigenvalue weighted by Crippen LogP contribution is 2.25. The molecule has 2 atom stereocenters. The Morgan fingerprint density at radius 2 is 2.23 bits per heavy atom. The Morgan fingerprint density at radius 1 is 1.55 bits per heavy atom. The molecule has 1 heterocycles. The molecule has 0 saturated carbocycles. The van der Waals surface area contributed by atoms with Crippen molar-refractivity contribution in [2.45, 2.75) is 25.8 Å². The molecule has 0 aliphatic carbocycles. The lowest BCUT2D eigenvalue weighted by Gasteiger charge is -2.34. The van der Waals surface area contributed by atoms with Gasteiger partial charge in [0.1, 0.15) is 11.4 Å². The van der Waals surface area contributed by atoms with E-state index in [-0.39, 0.29) is 35.6 Å². The number of nitrogens with zero attached hydrogens (tertiary/aromatic N) is 2. The maximum atomic E-state index is 13.3. The molecule has 1 aliphatic rings. The molecule has 6 nitrogen and oxygen atoms in total. The molecule has 1 aliphatic heterocycles. The smallest absolute Gasteiger partial charge is 0.282 e. The first-order valence-electron chi connectivity index (χ1n) is 6.89. The van der Waals surface area contributed by atoms with Crippen LogP contribution in [0.3, 0.4) is 0 Å². The first-order chi connectivity index (χ1) is 9.90. The van der Waals surface area contributed by atoms with Gasteiger partial charge in [0.25, 0.3) is 11.6 Å². The van der Waals surface area contributed by atoms with E-state index in [1.165, 1.54) is 4.90 Å². The predicted octanol–water partition coefficient (Wildman–Crippen LogP) is 2.36. The quantitative estimate of drug-likeness (QED) is 0.680. The lowest BCUT2D eigenvalue weighted by molar-refractivity contribution is -0.385. The summed E-state index contributed by atoms with van der Waals surface area (Å²) >= 11 is 0. The highest BCUT2D eigenvalue weighted by atomic mass is 35.5. The molecule has 2 rings (SSSR count). The van der Waals surface area contributed by atoms with E-state index >= 15 is 0 Å². The number of carbonyl (C=O) groups excluding carboxylic acids is 1. The number of nitro groups is 1. The summed E-state index contributed by atoms with van der Waals surface area (Å²) in [6, 6.07) is 2.88. The zero-order valence-corrected chi connectivity index (χ0v) is 13.0. The van der Waals surface area contributed by atoms with Crippen LogP contribution in [0, 0.1) is 21.8 Å². The average molecular weight is 332 g/mol. The van der Waals surface area contributed by atoms with Crippen molar-refractivity contribution in [1.82, 2.24) is 4.90 Å². The van der Waals surface area contributed by atoms with Crippen LogP contribution in [0.5, 0.6) is 0 Å². The van der Waals surface area contributed by atoms with Crippen molar-refractivity contribution in [3.05, 3.63) is 39.7 Å². The third-order valence-electron chi connectivity index (χ3n) is 3.87. The van der Waals surface area contributed by atoms with Crippen molar-refractivity contribution < 1.29 is 14.1 Å². The molecule has 22 heavy (non-hydrogen) atoms. The Hall–Kier alpha value is -1.73. The first kappa shape index (κ1) is 18.3. The molecule has 1 saturated heterocycles. The number of benzene rings is 1. The molecule has 8 heteroatoms. The van der Waals surface area contributed by atoms with Crippen LogP contribution in [0.1, 0.15) is 30.1 Å². The second kappa shape index (κ2) is 7.51. The van der Waals surface area contributed by atoms with Gasteiger partial charge >= 0.3 is 0 Å².